The molecule has 0 fully saturated rings. The highest BCUT2D eigenvalue weighted by atomic mass is 14.8. The molecule has 2 aromatic carbocycles. The Morgan fingerprint density at radius 2 is 1.76 bits per heavy atom. The first-order valence-corrected chi connectivity index (χ1v) is 5.54. The number of nitrogens with zero attached hydrogens (tertiary/aromatic N) is 2. The van der Waals surface area contributed by atoms with Crippen LogP contribution in [-0.2, 0) is 0 Å². The van der Waals surface area contributed by atoms with Crippen LogP contribution in [0, 0.1) is 13.1 Å². The second kappa shape index (κ2) is 3.98. The summed E-state index contributed by atoms with van der Waals surface area (Å²) in [5, 5.41) is 0. The number of hydrogen-bond acceptors (Lipinski definition) is 2. The molecule has 0 saturated carbocycles. The van der Waals surface area contributed by atoms with Crippen molar-refractivity contribution in [2.75, 3.05) is 0 Å². The van der Waals surface area contributed by atoms with Gasteiger partial charge in [-0.1, -0.05) is 35.9 Å². The van der Waals surface area contributed by atoms with Crippen LogP contribution in [0.4, 0.5) is 0 Å². The molecule has 1 aromatic heterocycles. The molecule has 3 rings (SSSR count). The van der Waals surface area contributed by atoms with Crippen LogP contribution >= 0.6 is 0 Å². The molecule has 0 N–H and O–H groups in total. The van der Waals surface area contributed by atoms with Crippen LogP contribution in [0.5, 0.6) is 0 Å². The number of benzene rings is 2. The smallest absolute Gasteiger partial charge is 0.118 e. The zero-order valence-electron chi connectivity index (χ0n) is 9.51. The van der Waals surface area contributed by atoms with Gasteiger partial charge >= 0.3 is 0 Å². The Balaban J connectivity index is 2.18. The van der Waals surface area contributed by atoms with Gasteiger partial charge in [-0.15, -0.1) is 0 Å². The van der Waals surface area contributed by atoms with Crippen LogP contribution in [-0.4, -0.2) is 9.97 Å². The van der Waals surface area contributed by atoms with E-state index in [1.807, 2.05) is 36.4 Å². The lowest BCUT2D eigenvalue weighted by Gasteiger charge is -2.02. The fraction of sp³-hybridized carbons (Fsp3) is 0.0667. The molecule has 1 radical (unpaired) electrons. The number of hydrogen-bond donors (Lipinski definition) is 0. The molecule has 1 heterocycles. The van der Waals surface area contributed by atoms with Gasteiger partial charge in [-0.05, 0) is 25.1 Å². The Bertz CT molecular complexity index is 674. The van der Waals surface area contributed by atoms with E-state index in [-0.39, 0.29) is 0 Å². The molecule has 81 valence electrons. The van der Waals surface area contributed by atoms with Crippen LogP contribution in [0.15, 0.2) is 48.5 Å². The zero-order valence-corrected chi connectivity index (χ0v) is 9.51. The van der Waals surface area contributed by atoms with Crippen molar-refractivity contribution in [1.82, 2.24) is 9.97 Å². The van der Waals surface area contributed by atoms with E-state index in [9.17, 15) is 0 Å². The van der Waals surface area contributed by atoms with E-state index in [0.717, 1.165) is 22.3 Å². The van der Waals surface area contributed by atoms with Crippen molar-refractivity contribution in [3.63, 3.8) is 0 Å². The summed E-state index contributed by atoms with van der Waals surface area (Å²) in [5.41, 5.74) is 4.85. The molecule has 0 aliphatic rings. The summed E-state index contributed by atoms with van der Waals surface area (Å²) >= 11 is 0. The summed E-state index contributed by atoms with van der Waals surface area (Å²) in [6.07, 6.45) is 2.99. The van der Waals surface area contributed by atoms with Gasteiger partial charge in [0.15, 0.2) is 0 Å². The Morgan fingerprint density at radius 3 is 2.59 bits per heavy atom. The molecule has 0 unspecified atom stereocenters. The van der Waals surface area contributed by atoms with Crippen LogP contribution in [0.1, 0.15) is 5.56 Å². The van der Waals surface area contributed by atoms with E-state index >= 15 is 0 Å². The molecule has 0 saturated heterocycles. The predicted molar refractivity (Wildman–Crippen MR) is 68.5 cm³/mol. The summed E-state index contributed by atoms with van der Waals surface area (Å²) < 4.78 is 0. The lowest BCUT2D eigenvalue weighted by atomic mass is 10.1. The lowest BCUT2D eigenvalue weighted by molar-refractivity contribution is 1.28. The number of rotatable bonds is 1. The molecular weight excluding hydrogens is 208 g/mol. The van der Waals surface area contributed by atoms with Gasteiger partial charge in [0.25, 0.3) is 0 Å². The maximum absolute atomic E-state index is 4.57. The van der Waals surface area contributed by atoms with Gasteiger partial charge in [0.1, 0.15) is 6.20 Å². The number of fused-ring (bicyclic) bond motifs is 1. The van der Waals surface area contributed by atoms with Crippen LogP contribution < -0.4 is 0 Å². The molecule has 0 atom stereocenters. The molecule has 0 spiro atoms. The second-order valence-corrected chi connectivity index (χ2v) is 4.04. The topological polar surface area (TPSA) is 25.8 Å². The van der Waals surface area contributed by atoms with E-state index in [0.29, 0.717) is 0 Å². The number of aryl methyl sites for hydroxylation is 1. The average Bonchev–Trinajstić information content (AvgIpc) is 2.38. The standard InChI is InChI=1S/C15H11N2/c1-11-5-4-6-12(9-11)15-10-16-13-7-2-3-8-14(13)17-15/h2-9H,1H3. The quantitative estimate of drug-likeness (QED) is 0.626. The summed E-state index contributed by atoms with van der Waals surface area (Å²) in [7, 11) is 0. The van der Waals surface area contributed by atoms with Gasteiger partial charge in [0.2, 0.25) is 0 Å². The van der Waals surface area contributed by atoms with Gasteiger partial charge in [-0.2, -0.15) is 0 Å². The summed E-state index contributed by atoms with van der Waals surface area (Å²) in [4.78, 5) is 8.87. The van der Waals surface area contributed by atoms with Crippen LogP contribution in [0.3, 0.4) is 0 Å². The third-order valence-electron chi connectivity index (χ3n) is 2.69. The van der Waals surface area contributed by atoms with Crippen molar-refractivity contribution < 1.29 is 0 Å². The van der Waals surface area contributed by atoms with E-state index < -0.39 is 0 Å². The van der Waals surface area contributed by atoms with E-state index in [1.165, 1.54) is 5.56 Å². The highest BCUT2D eigenvalue weighted by Gasteiger charge is 2.02. The molecule has 2 heteroatoms. The molecule has 0 bridgehead atoms. The van der Waals surface area contributed by atoms with Crippen molar-refractivity contribution in [3.8, 4) is 11.3 Å². The predicted octanol–water partition coefficient (Wildman–Crippen LogP) is 3.41. The minimum atomic E-state index is 0.799. The van der Waals surface area contributed by atoms with E-state index in [1.54, 1.807) is 0 Å². The summed E-state index contributed by atoms with van der Waals surface area (Å²) in [6, 6.07) is 16.0. The number of para-hydroxylation sites is 2. The molecule has 0 aliphatic heterocycles. The fourth-order valence-corrected chi connectivity index (χ4v) is 1.83. The minimum absolute atomic E-state index is 0.799. The fourth-order valence-electron chi connectivity index (χ4n) is 1.83. The first-order chi connectivity index (χ1) is 8.33. The Kier molecular flexibility index (Phi) is 2.33. The molecule has 17 heavy (non-hydrogen) atoms. The van der Waals surface area contributed by atoms with Crippen molar-refractivity contribution in [2.45, 2.75) is 6.92 Å². The highest BCUT2D eigenvalue weighted by Crippen LogP contribution is 2.19. The summed E-state index contributed by atoms with van der Waals surface area (Å²) in [6.45, 7) is 2.07. The number of aromatic nitrogens is 2. The van der Waals surface area contributed by atoms with Gasteiger partial charge in [0.05, 0.1) is 16.7 Å². The molecule has 0 aliphatic carbocycles. The molecular formula is C15H11N2. The first-order valence-electron chi connectivity index (χ1n) is 5.54. The minimum Gasteiger partial charge on any atom is -0.244 e. The summed E-state index contributed by atoms with van der Waals surface area (Å²) in [5.74, 6) is 0. The van der Waals surface area contributed by atoms with Gasteiger partial charge in [-0.3, -0.25) is 0 Å². The lowest BCUT2D eigenvalue weighted by Crippen LogP contribution is -1.89. The van der Waals surface area contributed by atoms with Gasteiger partial charge in [0, 0.05) is 5.56 Å². The largest absolute Gasteiger partial charge is 0.244 e. The third-order valence-corrected chi connectivity index (χ3v) is 2.69. The zero-order chi connectivity index (χ0) is 11.7. The normalized spacial score (nSPS) is 10.6. The van der Waals surface area contributed by atoms with Crippen molar-refractivity contribution >= 4 is 11.0 Å². The molecule has 3 aromatic rings. The van der Waals surface area contributed by atoms with E-state index in [4.69, 9.17) is 0 Å². The maximum atomic E-state index is 4.57. The van der Waals surface area contributed by atoms with Gasteiger partial charge in [-0.25, -0.2) is 9.97 Å². The Labute approximate surface area is 100.0 Å². The SMILES string of the molecule is Cc1cccc(-c2[c]nc3ccccc3n2)c1. The van der Waals surface area contributed by atoms with Crippen molar-refractivity contribution in [2.24, 2.45) is 0 Å². The first kappa shape index (κ1) is 9.97. The van der Waals surface area contributed by atoms with E-state index in [2.05, 4.69) is 35.2 Å². The maximum Gasteiger partial charge on any atom is 0.118 e. The molecule has 2 nitrogen and oxygen atoms in total. The van der Waals surface area contributed by atoms with Crippen LogP contribution in [0.2, 0.25) is 0 Å². The van der Waals surface area contributed by atoms with Crippen molar-refractivity contribution in [1.29, 1.82) is 0 Å². The Hall–Kier alpha value is -2.22. The van der Waals surface area contributed by atoms with Crippen molar-refractivity contribution in [3.05, 3.63) is 60.3 Å². The Morgan fingerprint density at radius 1 is 0.941 bits per heavy atom. The monoisotopic (exact) mass is 219 g/mol. The van der Waals surface area contributed by atoms with Crippen LogP contribution in [0.25, 0.3) is 22.3 Å². The second-order valence-electron chi connectivity index (χ2n) is 4.04. The third kappa shape index (κ3) is 1.89. The van der Waals surface area contributed by atoms with Gasteiger partial charge < -0.3 is 0 Å². The average molecular weight is 219 g/mol. The highest BCUT2D eigenvalue weighted by molar-refractivity contribution is 5.76. The molecule has 0 amide bonds.